The van der Waals surface area contributed by atoms with Crippen LogP contribution < -0.4 is 10.6 Å². The van der Waals surface area contributed by atoms with E-state index in [0.29, 0.717) is 0 Å². The molecule has 0 unspecified atom stereocenters. The molecule has 0 bridgehead atoms. The molecule has 0 atom stereocenters. The highest BCUT2D eigenvalue weighted by molar-refractivity contribution is 5.97. The maximum Gasteiger partial charge on any atom is 0.170 e. The molecule has 4 nitrogen and oxygen atoms in total. The van der Waals surface area contributed by atoms with E-state index in [1.165, 1.54) is 25.2 Å². The monoisotopic (exact) mass is 295 g/mol. The molecule has 0 heterocycles. The van der Waals surface area contributed by atoms with Crippen molar-refractivity contribution < 1.29 is 18.4 Å². The molecule has 0 spiro atoms. The second-order valence-corrected chi connectivity index (χ2v) is 4.28. The van der Waals surface area contributed by atoms with Crippen molar-refractivity contribution in [3.63, 3.8) is 0 Å². The number of halogens is 3. The summed E-state index contributed by atoms with van der Waals surface area (Å²) in [5.74, 6) is -2.95. The topological polar surface area (TPSA) is 61.8 Å². The number of para-hydroxylation sites is 1. The molecule has 0 aliphatic heterocycles. The van der Waals surface area contributed by atoms with E-state index in [2.05, 4.69) is 5.16 Å². The zero-order valence-electron chi connectivity index (χ0n) is 11.0. The van der Waals surface area contributed by atoms with Crippen LogP contribution in [0.4, 0.5) is 24.5 Å². The molecule has 7 heteroatoms. The molecule has 2 rings (SSSR count). The fourth-order valence-electron chi connectivity index (χ4n) is 1.94. The third kappa shape index (κ3) is 2.76. The average Bonchev–Trinajstić information content (AvgIpc) is 2.45. The average molecular weight is 295 g/mol. The van der Waals surface area contributed by atoms with Gasteiger partial charge in [0.15, 0.2) is 17.5 Å². The van der Waals surface area contributed by atoms with Crippen LogP contribution >= 0.6 is 0 Å². The molecule has 2 aromatic rings. The van der Waals surface area contributed by atoms with Crippen LogP contribution in [0.1, 0.15) is 5.56 Å². The molecule has 0 radical (unpaired) electrons. The van der Waals surface area contributed by atoms with E-state index in [1.54, 1.807) is 6.07 Å². The van der Waals surface area contributed by atoms with Gasteiger partial charge in [-0.2, -0.15) is 0 Å². The van der Waals surface area contributed by atoms with E-state index >= 15 is 0 Å². The van der Waals surface area contributed by atoms with Gasteiger partial charge in [-0.15, -0.1) is 0 Å². The molecule has 0 aromatic heterocycles. The Morgan fingerprint density at radius 1 is 1.10 bits per heavy atom. The van der Waals surface area contributed by atoms with Crippen LogP contribution in [-0.2, 0) is 0 Å². The van der Waals surface area contributed by atoms with Crippen LogP contribution in [0, 0.1) is 17.5 Å². The zero-order chi connectivity index (χ0) is 15.6. The van der Waals surface area contributed by atoms with Crippen LogP contribution in [-0.4, -0.2) is 18.1 Å². The third-order valence-electron chi connectivity index (χ3n) is 2.97. The highest BCUT2D eigenvalue weighted by Gasteiger charge is 2.19. The largest absolute Gasteiger partial charge is 0.409 e. The number of nitrogens with zero attached hydrogens (tertiary/aromatic N) is 2. The number of benzene rings is 2. The first kappa shape index (κ1) is 14.7. The van der Waals surface area contributed by atoms with Gasteiger partial charge in [0, 0.05) is 12.6 Å². The molecular weight excluding hydrogens is 283 g/mol. The van der Waals surface area contributed by atoms with Crippen LogP contribution in [0.25, 0.3) is 0 Å². The van der Waals surface area contributed by atoms with Gasteiger partial charge in [0.05, 0.1) is 5.69 Å². The first-order valence-corrected chi connectivity index (χ1v) is 5.91. The normalized spacial score (nSPS) is 11.5. The lowest BCUT2D eigenvalue weighted by Crippen LogP contribution is -2.18. The molecule has 3 N–H and O–H groups in total. The predicted octanol–water partition coefficient (Wildman–Crippen LogP) is 2.97. The van der Waals surface area contributed by atoms with Gasteiger partial charge in [-0.3, -0.25) is 0 Å². The van der Waals surface area contributed by atoms with Gasteiger partial charge in [-0.25, -0.2) is 13.2 Å². The summed E-state index contributed by atoms with van der Waals surface area (Å²) in [6.07, 6.45) is 0. The SMILES string of the molecule is CN(c1ccccc1F)c1c(F)cc(/C(N)=N/O)cc1F. The summed E-state index contributed by atoms with van der Waals surface area (Å²) in [7, 11) is 1.34. The van der Waals surface area contributed by atoms with Gasteiger partial charge in [0.2, 0.25) is 0 Å². The van der Waals surface area contributed by atoms with Crippen molar-refractivity contribution in [2.45, 2.75) is 0 Å². The van der Waals surface area contributed by atoms with Crippen molar-refractivity contribution in [1.82, 2.24) is 0 Å². The Kier molecular flexibility index (Phi) is 4.02. The Hall–Kier alpha value is -2.70. The van der Waals surface area contributed by atoms with Crippen molar-refractivity contribution in [3.8, 4) is 0 Å². The fourth-order valence-corrected chi connectivity index (χ4v) is 1.94. The number of hydrogen-bond donors (Lipinski definition) is 2. The molecule has 2 aromatic carbocycles. The number of nitrogens with two attached hydrogens (primary N) is 1. The van der Waals surface area contributed by atoms with Gasteiger partial charge < -0.3 is 15.8 Å². The molecule has 0 aliphatic carbocycles. The first-order chi connectivity index (χ1) is 9.95. The van der Waals surface area contributed by atoms with Gasteiger partial charge in [0.25, 0.3) is 0 Å². The lowest BCUT2D eigenvalue weighted by atomic mass is 10.1. The molecule has 21 heavy (non-hydrogen) atoms. The van der Waals surface area contributed by atoms with E-state index in [9.17, 15) is 13.2 Å². The Balaban J connectivity index is 2.53. The van der Waals surface area contributed by atoms with E-state index in [4.69, 9.17) is 10.9 Å². The standard InChI is InChI=1S/C14H12F3N3O/c1-20(12-5-3-2-4-9(12)15)13-10(16)6-8(7-11(13)17)14(18)19-21/h2-7,21H,1H3,(H2,18,19). The number of oxime groups is 1. The Bertz CT molecular complexity index is 681. The first-order valence-electron chi connectivity index (χ1n) is 5.91. The minimum atomic E-state index is -0.956. The highest BCUT2D eigenvalue weighted by Crippen LogP contribution is 2.31. The second kappa shape index (κ2) is 5.74. The van der Waals surface area contributed by atoms with Crippen LogP contribution in [0.2, 0.25) is 0 Å². The summed E-state index contributed by atoms with van der Waals surface area (Å²) >= 11 is 0. The van der Waals surface area contributed by atoms with Crippen molar-refractivity contribution >= 4 is 17.2 Å². The van der Waals surface area contributed by atoms with Crippen LogP contribution in [0.15, 0.2) is 41.6 Å². The number of anilines is 2. The van der Waals surface area contributed by atoms with Crippen molar-refractivity contribution in [2.75, 3.05) is 11.9 Å². The second-order valence-electron chi connectivity index (χ2n) is 4.28. The summed E-state index contributed by atoms with van der Waals surface area (Å²) in [5, 5.41) is 11.2. The maximum absolute atomic E-state index is 14.1. The smallest absolute Gasteiger partial charge is 0.170 e. The van der Waals surface area contributed by atoms with Crippen molar-refractivity contribution in [3.05, 3.63) is 59.4 Å². The van der Waals surface area contributed by atoms with E-state index in [1.807, 2.05) is 0 Å². The summed E-state index contributed by atoms with van der Waals surface area (Å²) < 4.78 is 41.9. The summed E-state index contributed by atoms with van der Waals surface area (Å²) in [6, 6.07) is 7.42. The predicted molar refractivity (Wildman–Crippen MR) is 73.3 cm³/mol. The highest BCUT2D eigenvalue weighted by atomic mass is 19.1. The molecule has 0 amide bonds. The number of rotatable bonds is 3. The maximum atomic E-state index is 14.1. The minimum absolute atomic E-state index is 0.0202. The molecule has 110 valence electrons. The molecule has 0 fully saturated rings. The zero-order valence-corrected chi connectivity index (χ0v) is 11.0. The van der Waals surface area contributed by atoms with Crippen LogP contribution in [0.3, 0.4) is 0 Å². The van der Waals surface area contributed by atoms with Crippen molar-refractivity contribution in [2.24, 2.45) is 10.9 Å². The van der Waals surface area contributed by atoms with Crippen LogP contribution in [0.5, 0.6) is 0 Å². The number of amidine groups is 1. The Labute approximate surface area is 118 Å². The lowest BCUT2D eigenvalue weighted by molar-refractivity contribution is 0.318. The summed E-state index contributed by atoms with van der Waals surface area (Å²) in [5.41, 5.74) is 4.76. The minimum Gasteiger partial charge on any atom is -0.409 e. The van der Waals surface area contributed by atoms with E-state index in [-0.39, 0.29) is 11.3 Å². The fraction of sp³-hybridized carbons (Fsp3) is 0.0714. The van der Waals surface area contributed by atoms with Crippen molar-refractivity contribution in [1.29, 1.82) is 0 Å². The van der Waals surface area contributed by atoms with Gasteiger partial charge >= 0.3 is 0 Å². The quantitative estimate of drug-likeness (QED) is 0.396. The summed E-state index contributed by atoms with van der Waals surface area (Å²) in [6.45, 7) is 0. The Morgan fingerprint density at radius 3 is 2.19 bits per heavy atom. The molecule has 0 saturated heterocycles. The molecule has 0 aliphatic rings. The molecule has 0 saturated carbocycles. The van der Waals surface area contributed by atoms with E-state index in [0.717, 1.165) is 17.0 Å². The number of hydrogen-bond acceptors (Lipinski definition) is 3. The molecular formula is C14H12F3N3O. The Morgan fingerprint density at radius 2 is 1.67 bits per heavy atom. The van der Waals surface area contributed by atoms with Gasteiger partial charge in [-0.05, 0) is 24.3 Å². The third-order valence-corrected chi connectivity index (χ3v) is 2.97. The van der Waals surface area contributed by atoms with Gasteiger partial charge in [-0.1, -0.05) is 17.3 Å². The lowest BCUT2D eigenvalue weighted by Gasteiger charge is -2.21. The summed E-state index contributed by atoms with van der Waals surface area (Å²) in [4.78, 5) is 1.05. The van der Waals surface area contributed by atoms with E-state index < -0.39 is 29.0 Å². The van der Waals surface area contributed by atoms with Gasteiger partial charge in [0.1, 0.15) is 11.5 Å².